The predicted octanol–water partition coefficient (Wildman–Crippen LogP) is 4.43. The fraction of sp³-hybridized carbons (Fsp3) is 0.889. The summed E-state index contributed by atoms with van der Waals surface area (Å²) >= 11 is 0. The molecule has 0 N–H and O–H groups in total. The fourth-order valence-electron chi connectivity index (χ4n) is 5.53. The Kier molecular flexibility index (Phi) is 3.43. The lowest BCUT2D eigenvalue weighted by Crippen LogP contribution is -2.14. The van der Waals surface area contributed by atoms with Crippen molar-refractivity contribution in [3.8, 4) is 0 Å². The Hall–Kier alpha value is -0.300. The smallest absolute Gasteiger partial charge is 0.0468 e. The highest BCUT2D eigenvalue weighted by Crippen LogP contribution is 2.49. The number of rotatable bonds is 6. The quantitative estimate of drug-likeness (QED) is 0.507. The zero-order valence-electron chi connectivity index (χ0n) is 12.1. The standard InChI is InChI=1S/C18H28O/c1-3-15-9-13(1)11-17(15)5-7-19-8-6-18-12-14-2-4-16(18)10-14/h1,3,13-18H,2,4-12H2. The van der Waals surface area contributed by atoms with Crippen LogP contribution in [-0.2, 0) is 4.74 Å². The van der Waals surface area contributed by atoms with Gasteiger partial charge in [-0.2, -0.15) is 0 Å². The molecular formula is C18H28O. The van der Waals surface area contributed by atoms with Gasteiger partial charge in [-0.1, -0.05) is 18.6 Å². The average Bonchev–Trinajstić information content (AvgIpc) is 3.18. The topological polar surface area (TPSA) is 9.23 Å². The highest BCUT2D eigenvalue weighted by Gasteiger charge is 2.39. The molecule has 0 saturated heterocycles. The largest absolute Gasteiger partial charge is 0.381 e. The highest BCUT2D eigenvalue weighted by molar-refractivity contribution is 5.09. The van der Waals surface area contributed by atoms with Crippen LogP contribution in [0.4, 0.5) is 0 Å². The first kappa shape index (κ1) is 12.4. The molecule has 1 nitrogen and oxygen atoms in total. The van der Waals surface area contributed by atoms with Crippen LogP contribution in [0.3, 0.4) is 0 Å². The average molecular weight is 260 g/mol. The molecule has 0 aliphatic heterocycles. The van der Waals surface area contributed by atoms with Gasteiger partial charge in [0.15, 0.2) is 0 Å². The zero-order chi connectivity index (χ0) is 12.7. The van der Waals surface area contributed by atoms with Gasteiger partial charge in [0.2, 0.25) is 0 Å². The van der Waals surface area contributed by atoms with Crippen LogP contribution in [0.2, 0.25) is 0 Å². The van der Waals surface area contributed by atoms with E-state index in [2.05, 4.69) is 12.2 Å². The van der Waals surface area contributed by atoms with Crippen LogP contribution < -0.4 is 0 Å². The molecule has 0 amide bonds. The van der Waals surface area contributed by atoms with E-state index >= 15 is 0 Å². The van der Waals surface area contributed by atoms with Crippen LogP contribution in [0.5, 0.6) is 0 Å². The summed E-state index contributed by atoms with van der Waals surface area (Å²) in [5.41, 5.74) is 0. The molecular weight excluding hydrogens is 232 g/mol. The van der Waals surface area contributed by atoms with Gasteiger partial charge in [0, 0.05) is 13.2 Å². The third-order valence-corrected chi connectivity index (χ3v) is 6.57. The van der Waals surface area contributed by atoms with Gasteiger partial charge in [0.25, 0.3) is 0 Å². The van der Waals surface area contributed by atoms with Crippen LogP contribution in [0, 0.1) is 35.5 Å². The Morgan fingerprint density at radius 1 is 0.842 bits per heavy atom. The molecule has 4 bridgehead atoms. The number of ether oxygens (including phenoxy) is 1. The van der Waals surface area contributed by atoms with E-state index in [4.69, 9.17) is 4.74 Å². The lowest BCUT2D eigenvalue weighted by atomic mass is 9.87. The molecule has 0 aromatic rings. The summed E-state index contributed by atoms with van der Waals surface area (Å²) in [6.45, 7) is 2.05. The van der Waals surface area contributed by atoms with E-state index in [9.17, 15) is 0 Å². The van der Waals surface area contributed by atoms with Gasteiger partial charge in [-0.15, -0.1) is 0 Å². The first-order chi connectivity index (χ1) is 9.38. The maximum atomic E-state index is 5.95. The molecule has 3 fully saturated rings. The van der Waals surface area contributed by atoms with E-state index in [1.807, 2.05) is 0 Å². The van der Waals surface area contributed by atoms with Crippen molar-refractivity contribution in [3.63, 3.8) is 0 Å². The maximum Gasteiger partial charge on any atom is 0.0468 e. The van der Waals surface area contributed by atoms with Crippen molar-refractivity contribution < 1.29 is 4.74 Å². The first-order valence-electron chi connectivity index (χ1n) is 8.64. The van der Waals surface area contributed by atoms with Crippen molar-refractivity contribution >= 4 is 0 Å². The summed E-state index contributed by atoms with van der Waals surface area (Å²) in [6, 6.07) is 0. The molecule has 6 atom stereocenters. The van der Waals surface area contributed by atoms with Crippen LogP contribution in [0.1, 0.15) is 51.4 Å². The number of allylic oxidation sites excluding steroid dienone is 2. The minimum Gasteiger partial charge on any atom is -0.381 e. The Morgan fingerprint density at radius 2 is 1.74 bits per heavy atom. The molecule has 19 heavy (non-hydrogen) atoms. The molecule has 0 aromatic heterocycles. The minimum atomic E-state index is 0.902. The maximum absolute atomic E-state index is 5.95. The lowest BCUT2D eigenvalue weighted by Gasteiger charge is -2.22. The SMILES string of the molecule is C1=CC2CC1CC2CCOCCC1CC2CCC1C2. The normalized spacial score (nSPS) is 46.5. The second kappa shape index (κ2) is 5.24. The van der Waals surface area contributed by atoms with Crippen molar-refractivity contribution in [2.45, 2.75) is 51.4 Å². The van der Waals surface area contributed by atoms with E-state index in [1.165, 1.54) is 44.9 Å². The molecule has 0 aromatic carbocycles. The van der Waals surface area contributed by atoms with E-state index in [0.717, 1.165) is 48.7 Å². The summed E-state index contributed by atoms with van der Waals surface area (Å²) in [7, 11) is 0. The monoisotopic (exact) mass is 260 g/mol. The van der Waals surface area contributed by atoms with E-state index in [1.54, 1.807) is 6.42 Å². The molecule has 4 rings (SSSR count). The van der Waals surface area contributed by atoms with Gasteiger partial charge < -0.3 is 4.74 Å². The van der Waals surface area contributed by atoms with E-state index in [0.29, 0.717) is 0 Å². The zero-order valence-corrected chi connectivity index (χ0v) is 12.1. The van der Waals surface area contributed by atoms with Gasteiger partial charge in [-0.25, -0.2) is 0 Å². The van der Waals surface area contributed by atoms with Gasteiger partial charge in [-0.05, 0) is 80.5 Å². The summed E-state index contributed by atoms with van der Waals surface area (Å²) in [4.78, 5) is 0. The molecule has 6 unspecified atom stereocenters. The fourth-order valence-corrected chi connectivity index (χ4v) is 5.53. The minimum absolute atomic E-state index is 0.902. The summed E-state index contributed by atoms with van der Waals surface area (Å²) in [5, 5.41) is 0. The number of hydrogen-bond donors (Lipinski definition) is 0. The van der Waals surface area contributed by atoms with Crippen LogP contribution >= 0.6 is 0 Å². The van der Waals surface area contributed by atoms with Crippen LogP contribution in [0.15, 0.2) is 12.2 Å². The first-order valence-corrected chi connectivity index (χ1v) is 8.64. The molecule has 4 aliphatic rings. The highest BCUT2D eigenvalue weighted by atomic mass is 16.5. The van der Waals surface area contributed by atoms with Gasteiger partial charge >= 0.3 is 0 Å². The molecule has 4 aliphatic carbocycles. The van der Waals surface area contributed by atoms with Crippen molar-refractivity contribution in [1.29, 1.82) is 0 Å². The van der Waals surface area contributed by atoms with Gasteiger partial charge in [0.05, 0.1) is 0 Å². The molecule has 3 saturated carbocycles. The Balaban J connectivity index is 1.10. The van der Waals surface area contributed by atoms with E-state index < -0.39 is 0 Å². The summed E-state index contributed by atoms with van der Waals surface area (Å²) in [6.07, 6.45) is 16.6. The molecule has 106 valence electrons. The summed E-state index contributed by atoms with van der Waals surface area (Å²) < 4.78 is 5.95. The summed E-state index contributed by atoms with van der Waals surface area (Å²) in [5.74, 6) is 5.95. The van der Waals surface area contributed by atoms with Gasteiger partial charge in [-0.3, -0.25) is 0 Å². The van der Waals surface area contributed by atoms with Crippen LogP contribution in [0.25, 0.3) is 0 Å². The lowest BCUT2D eigenvalue weighted by molar-refractivity contribution is 0.0966. The molecule has 0 spiro atoms. The van der Waals surface area contributed by atoms with Crippen molar-refractivity contribution in [2.24, 2.45) is 35.5 Å². The second-order valence-corrected chi connectivity index (χ2v) is 7.66. The van der Waals surface area contributed by atoms with Crippen molar-refractivity contribution in [1.82, 2.24) is 0 Å². The Morgan fingerprint density at radius 3 is 2.37 bits per heavy atom. The Labute approximate surface area is 117 Å². The molecule has 0 radical (unpaired) electrons. The number of fused-ring (bicyclic) bond motifs is 4. The third-order valence-electron chi connectivity index (χ3n) is 6.57. The number of hydrogen-bond acceptors (Lipinski definition) is 1. The van der Waals surface area contributed by atoms with E-state index in [-0.39, 0.29) is 0 Å². The van der Waals surface area contributed by atoms with Crippen LogP contribution in [-0.4, -0.2) is 13.2 Å². The van der Waals surface area contributed by atoms with Gasteiger partial charge in [0.1, 0.15) is 0 Å². The van der Waals surface area contributed by atoms with Crippen molar-refractivity contribution in [2.75, 3.05) is 13.2 Å². The third kappa shape index (κ3) is 2.51. The second-order valence-electron chi connectivity index (χ2n) is 7.66. The Bertz CT molecular complexity index is 348. The molecule has 0 heterocycles. The predicted molar refractivity (Wildman–Crippen MR) is 77.8 cm³/mol. The van der Waals surface area contributed by atoms with Crippen molar-refractivity contribution in [3.05, 3.63) is 12.2 Å². The molecule has 1 heteroatoms.